The number of nitrogens with one attached hydrogen (secondary N) is 1. The Morgan fingerprint density at radius 3 is 1.25 bits per heavy atom. The van der Waals surface area contributed by atoms with Crippen molar-refractivity contribution in [3.8, 4) is 23.0 Å². The third-order valence-corrected chi connectivity index (χ3v) is 7.56. The molecule has 0 heterocycles. The Kier molecular flexibility index (Phi) is 13.2. The minimum absolute atomic E-state index is 0. The number of rotatable bonds is 13. The number of esters is 4. The van der Waals surface area contributed by atoms with E-state index in [-0.39, 0.29) is 53.1 Å². The summed E-state index contributed by atoms with van der Waals surface area (Å²) >= 11 is 0. The molecule has 0 aliphatic carbocycles. The van der Waals surface area contributed by atoms with Crippen LogP contribution in [0.4, 0.5) is 0 Å². The summed E-state index contributed by atoms with van der Waals surface area (Å²) in [5, 5.41) is 12.4. The van der Waals surface area contributed by atoms with Crippen LogP contribution in [0.15, 0.2) is 127 Å². The Hall–Kier alpha value is -5.81. The highest BCUT2D eigenvalue weighted by Crippen LogP contribution is 2.32. The van der Waals surface area contributed by atoms with E-state index in [4.69, 9.17) is 18.9 Å². The van der Waals surface area contributed by atoms with Gasteiger partial charge in [0.05, 0.1) is 28.9 Å². The van der Waals surface area contributed by atoms with Gasteiger partial charge in [-0.25, -0.2) is 19.2 Å². The van der Waals surface area contributed by atoms with E-state index >= 15 is 0 Å². The first-order chi connectivity index (χ1) is 24.1. The molecule has 0 bridgehead atoms. The predicted octanol–water partition coefficient (Wildman–Crippen LogP) is 6.84. The van der Waals surface area contributed by atoms with E-state index in [1.54, 1.807) is 72.8 Å². The quantitative estimate of drug-likeness (QED) is 0.0759. The predicted molar refractivity (Wildman–Crippen MR) is 192 cm³/mol. The van der Waals surface area contributed by atoms with Crippen LogP contribution in [0.25, 0.3) is 0 Å². The van der Waals surface area contributed by atoms with Crippen LogP contribution < -0.4 is 24.3 Å². The summed E-state index contributed by atoms with van der Waals surface area (Å²) in [4.78, 5) is 51.1. The number of aliphatic hydroxyl groups excluding tert-OH is 1. The van der Waals surface area contributed by atoms with Gasteiger partial charge in [-0.05, 0) is 90.5 Å². The van der Waals surface area contributed by atoms with Crippen LogP contribution in [-0.2, 0) is 5.41 Å². The molecule has 5 aromatic rings. The van der Waals surface area contributed by atoms with E-state index in [9.17, 15) is 24.3 Å². The largest absolute Gasteiger partial charge is 0.423 e. The molecule has 0 unspecified atom stereocenters. The standard InChI is InChI=1S/C40H35NO9.ClH/c1-40(2,26-41-21-22-42)31-23-34(49-38(45)29-13-17-32(18-14-29)47-36(43)27-9-5-3-6-10-27)25-35(24-31)50-39(46)30-15-19-33(20-16-30)48-37(44)28-11-7-4-8-12-28;/h3-20,23-25,41-42H,21-22,26H2,1-2H3;1H. The number of ether oxygens (including phenoxy) is 4. The molecule has 0 aliphatic rings. The highest BCUT2D eigenvalue weighted by atomic mass is 35.5. The van der Waals surface area contributed by atoms with E-state index < -0.39 is 29.3 Å². The van der Waals surface area contributed by atoms with Gasteiger partial charge >= 0.3 is 23.9 Å². The van der Waals surface area contributed by atoms with Gasteiger partial charge in [-0.3, -0.25) is 0 Å². The van der Waals surface area contributed by atoms with Gasteiger partial charge in [0.15, 0.2) is 0 Å². The fourth-order valence-corrected chi connectivity index (χ4v) is 4.79. The summed E-state index contributed by atoms with van der Waals surface area (Å²) in [6.45, 7) is 4.71. The van der Waals surface area contributed by atoms with Gasteiger partial charge in [0.1, 0.15) is 23.0 Å². The van der Waals surface area contributed by atoms with E-state index in [2.05, 4.69) is 5.32 Å². The molecular formula is C40H36ClNO9. The minimum Gasteiger partial charge on any atom is -0.423 e. The molecule has 0 saturated carbocycles. The highest BCUT2D eigenvalue weighted by molar-refractivity contribution is 5.94. The van der Waals surface area contributed by atoms with Gasteiger partial charge in [0, 0.05) is 24.6 Å². The molecule has 0 fully saturated rings. The molecule has 5 aromatic carbocycles. The summed E-state index contributed by atoms with van der Waals surface area (Å²) < 4.78 is 22.2. The summed E-state index contributed by atoms with van der Waals surface area (Å²) in [7, 11) is 0. The van der Waals surface area contributed by atoms with Gasteiger partial charge in [-0.15, -0.1) is 12.4 Å². The number of hydrogen-bond acceptors (Lipinski definition) is 10. The average Bonchev–Trinajstić information content (AvgIpc) is 3.13. The molecule has 5 rings (SSSR count). The van der Waals surface area contributed by atoms with E-state index in [1.165, 1.54) is 54.6 Å². The fraction of sp³-hybridized carbons (Fsp3) is 0.150. The van der Waals surface area contributed by atoms with Crippen molar-refractivity contribution < 1.29 is 43.2 Å². The molecule has 10 nitrogen and oxygen atoms in total. The van der Waals surface area contributed by atoms with Crippen LogP contribution in [0.3, 0.4) is 0 Å². The smallest absolute Gasteiger partial charge is 0.343 e. The van der Waals surface area contributed by atoms with Crippen LogP contribution in [-0.4, -0.2) is 48.7 Å². The summed E-state index contributed by atoms with van der Waals surface area (Å²) in [5.41, 5.74) is 1.34. The number of aliphatic hydroxyl groups is 1. The molecule has 0 saturated heterocycles. The van der Waals surface area contributed by atoms with Gasteiger partial charge in [-0.1, -0.05) is 50.2 Å². The van der Waals surface area contributed by atoms with Crippen molar-refractivity contribution in [2.45, 2.75) is 19.3 Å². The highest BCUT2D eigenvalue weighted by Gasteiger charge is 2.24. The second-order valence-corrected chi connectivity index (χ2v) is 11.8. The number of benzene rings is 5. The van der Waals surface area contributed by atoms with Crippen LogP contribution >= 0.6 is 12.4 Å². The molecule has 11 heteroatoms. The number of halogens is 1. The number of carbonyl (C=O) groups is 4. The maximum absolute atomic E-state index is 13.2. The lowest BCUT2D eigenvalue weighted by Crippen LogP contribution is -2.34. The van der Waals surface area contributed by atoms with Crippen LogP contribution in [0, 0.1) is 0 Å². The molecule has 0 radical (unpaired) electrons. The van der Waals surface area contributed by atoms with E-state index in [1.807, 2.05) is 13.8 Å². The van der Waals surface area contributed by atoms with Crippen molar-refractivity contribution in [2.75, 3.05) is 19.7 Å². The zero-order chi connectivity index (χ0) is 35.5. The molecule has 51 heavy (non-hydrogen) atoms. The Bertz CT molecular complexity index is 1820. The lowest BCUT2D eigenvalue weighted by molar-refractivity contribution is 0.0723. The zero-order valence-electron chi connectivity index (χ0n) is 27.9. The van der Waals surface area contributed by atoms with Gasteiger partial charge in [0.25, 0.3) is 0 Å². The van der Waals surface area contributed by atoms with Crippen molar-refractivity contribution in [3.63, 3.8) is 0 Å². The van der Waals surface area contributed by atoms with Crippen molar-refractivity contribution in [1.29, 1.82) is 0 Å². The topological polar surface area (TPSA) is 137 Å². The molecule has 0 aliphatic heterocycles. The summed E-state index contributed by atoms with van der Waals surface area (Å²) in [6.07, 6.45) is 0. The molecular weight excluding hydrogens is 674 g/mol. The SMILES string of the molecule is CC(C)(CNCCO)c1cc(OC(=O)c2ccc(OC(=O)c3ccccc3)cc2)cc(OC(=O)c2ccc(OC(=O)c3ccccc3)cc2)c1.Cl. The Labute approximate surface area is 301 Å². The molecule has 2 N–H and O–H groups in total. The third kappa shape index (κ3) is 10.6. The first-order valence-electron chi connectivity index (χ1n) is 15.8. The Morgan fingerprint density at radius 1 is 0.529 bits per heavy atom. The van der Waals surface area contributed by atoms with E-state index in [0.717, 1.165) is 0 Å². The van der Waals surface area contributed by atoms with Crippen molar-refractivity contribution >= 4 is 36.3 Å². The third-order valence-electron chi connectivity index (χ3n) is 7.56. The van der Waals surface area contributed by atoms with Crippen LogP contribution in [0.2, 0.25) is 0 Å². The monoisotopic (exact) mass is 709 g/mol. The lowest BCUT2D eigenvalue weighted by atomic mass is 9.84. The minimum atomic E-state index is -0.683. The first-order valence-corrected chi connectivity index (χ1v) is 15.8. The van der Waals surface area contributed by atoms with Crippen molar-refractivity contribution in [3.05, 3.63) is 155 Å². The first kappa shape index (κ1) is 38.0. The van der Waals surface area contributed by atoms with Gasteiger partial charge in [0.2, 0.25) is 0 Å². The van der Waals surface area contributed by atoms with E-state index in [0.29, 0.717) is 29.8 Å². The number of hydrogen-bond donors (Lipinski definition) is 2. The maximum atomic E-state index is 13.2. The normalized spacial score (nSPS) is 10.7. The van der Waals surface area contributed by atoms with Crippen molar-refractivity contribution in [2.24, 2.45) is 0 Å². The molecule has 0 spiro atoms. The fourth-order valence-electron chi connectivity index (χ4n) is 4.79. The number of carbonyl (C=O) groups excluding carboxylic acids is 4. The summed E-state index contributed by atoms with van der Waals surface area (Å²) in [6, 6.07) is 33.7. The molecule has 0 aromatic heterocycles. The second-order valence-electron chi connectivity index (χ2n) is 11.8. The van der Waals surface area contributed by atoms with Crippen molar-refractivity contribution in [1.82, 2.24) is 5.32 Å². The Balaban J connectivity index is 0.00000583. The molecule has 262 valence electrons. The van der Waals surface area contributed by atoms with Crippen LogP contribution in [0.5, 0.6) is 23.0 Å². The lowest BCUT2D eigenvalue weighted by Gasteiger charge is -2.26. The van der Waals surface area contributed by atoms with Gasteiger partial charge < -0.3 is 29.4 Å². The van der Waals surface area contributed by atoms with Crippen LogP contribution in [0.1, 0.15) is 60.8 Å². The maximum Gasteiger partial charge on any atom is 0.343 e. The van der Waals surface area contributed by atoms with Gasteiger partial charge in [-0.2, -0.15) is 0 Å². The average molecular weight is 710 g/mol. The molecule has 0 amide bonds. The molecule has 0 atom stereocenters. The Morgan fingerprint density at radius 2 is 0.882 bits per heavy atom. The second kappa shape index (κ2) is 17.7. The summed E-state index contributed by atoms with van der Waals surface area (Å²) in [5.74, 6) is -1.65. The zero-order valence-corrected chi connectivity index (χ0v) is 28.7.